The Hall–Kier alpha value is -0.910. The molecule has 4 N–H and O–H groups in total. The van der Waals surface area contributed by atoms with Crippen LogP contribution in [0.4, 0.5) is 0 Å². The van der Waals surface area contributed by atoms with Gasteiger partial charge in [-0.05, 0) is 19.1 Å². The van der Waals surface area contributed by atoms with Gasteiger partial charge in [0.25, 0.3) is 10.1 Å². The fraction of sp³-hybridized carbons (Fsp3) is 0.250. The van der Waals surface area contributed by atoms with Crippen LogP contribution in [0.15, 0.2) is 35.2 Å². The first-order chi connectivity index (χ1) is 5.67. The molecule has 0 bridgehead atoms. The zero-order valence-corrected chi connectivity index (χ0v) is 8.54. The van der Waals surface area contributed by atoms with Gasteiger partial charge in [-0.15, -0.1) is 0 Å². The summed E-state index contributed by atoms with van der Waals surface area (Å²) in [6.45, 7) is 1.80. The summed E-state index contributed by atoms with van der Waals surface area (Å²) < 4.78 is 27.0. The van der Waals surface area contributed by atoms with E-state index < -0.39 is 10.1 Å². The third kappa shape index (κ3) is 3.14. The molecular formula is C8H14NO3S+. The zero-order valence-electron chi connectivity index (χ0n) is 7.73. The highest BCUT2D eigenvalue weighted by molar-refractivity contribution is 7.86. The third-order valence-electron chi connectivity index (χ3n) is 1.30. The Labute approximate surface area is 78.2 Å². The van der Waals surface area contributed by atoms with Gasteiger partial charge in [-0.2, -0.15) is 8.42 Å². The molecule has 0 unspecified atom stereocenters. The van der Waals surface area contributed by atoms with Gasteiger partial charge in [0.2, 0.25) is 0 Å². The molecule has 0 spiro atoms. The van der Waals surface area contributed by atoms with Crippen molar-refractivity contribution in [1.29, 1.82) is 0 Å². The van der Waals surface area contributed by atoms with Gasteiger partial charge in [0.15, 0.2) is 0 Å². The summed E-state index contributed by atoms with van der Waals surface area (Å²) in [6, 6.07) is 8.08. The molecule has 0 aliphatic heterocycles. The molecule has 0 fully saturated rings. The lowest BCUT2D eigenvalue weighted by molar-refractivity contribution is 0.338. The van der Waals surface area contributed by atoms with Crippen LogP contribution in [0, 0.1) is 0 Å². The summed E-state index contributed by atoms with van der Waals surface area (Å²) in [7, 11) is -3.51. The van der Waals surface area contributed by atoms with Crippen LogP contribution < -0.4 is 6.15 Å². The molecule has 1 aromatic rings. The average Bonchev–Trinajstić information content (AvgIpc) is 2.06. The maximum absolute atomic E-state index is 11.2. The molecule has 0 radical (unpaired) electrons. The van der Waals surface area contributed by atoms with E-state index >= 15 is 0 Å². The number of rotatable bonds is 3. The minimum Gasteiger partial charge on any atom is -0.369 e. The lowest BCUT2D eigenvalue weighted by Gasteiger charge is -2.01. The summed E-state index contributed by atoms with van der Waals surface area (Å²) in [6.07, 6.45) is 0. The highest BCUT2D eigenvalue weighted by Gasteiger charge is 2.11. The minimum atomic E-state index is -3.51. The van der Waals surface area contributed by atoms with E-state index in [2.05, 4.69) is 4.18 Å². The lowest BCUT2D eigenvalue weighted by atomic mass is 10.4. The van der Waals surface area contributed by atoms with E-state index in [9.17, 15) is 8.42 Å². The van der Waals surface area contributed by atoms with Gasteiger partial charge in [0.05, 0.1) is 11.5 Å². The number of quaternary nitrogens is 1. The number of benzene rings is 1. The fourth-order valence-corrected chi connectivity index (χ4v) is 1.75. The van der Waals surface area contributed by atoms with Crippen molar-refractivity contribution in [3.63, 3.8) is 0 Å². The molecule has 0 aliphatic rings. The maximum atomic E-state index is 11.2. The first-order valence-electron chi connectivity index (χ1n) is 3.61. The van der Waals surface area contributed by atoms with Crippen molar-refractivity contribution in [2.45, 2.75) is 11.8 Å². The molecule has 13 heavy (non-hydrogen) atoms. The van der Waals surface area contributed by atoms with Gasteiger partial charge < -0.3 is 6.15 Å². The molecule has 1 rings (SSSR count). The Bertz CT molecular complexity index is 334. The van der Waals surface area contributed by atoms with E-state index in [4.69, 9.17) is 0 Å². The standard InChI is InChI=1S/C8H10O3S.H3N/c1-2-11-12(9,10)8-6-4-3-5-7-8;/h3-7H,2H2,1H3;1H3/p+1. The predicted octanol–water partition coefficient (Wildman–Crippen LogP) is 1.79. The second-order valence-electron chi connectivity index (χ2n) is 2.17. The number of hydrogen-bond acceptors (Lipinski definition) is 3. The van der Waals surface area contributed by atoms with Crippen molar-refractivity contribution in [2.24, 2.45) is 0 Å². The van der Waals surface area contributed by atoms with Crippen LogP contribution in [0.25, 0.3) is 0 Å². The van der Waals surface area contributed by atoms with Crippen LogP contribution in [0.2, 0.25) is 0 Å². The molecule has 0 saturated heterocycles. The largest absolute Gasteiger partial charge is 0.369 e. The van der Waals surface area contributed by atoms with Gasteiger partial charge >= 0.3 is 0 Å². The average molecular weight is 204 g/mol. The van der Waals surface area contributed by atoms with Gasteiger partial charge in [0, 0.05) is 0 Å². The van der Waals surface area contributed by atoms with E-state index in [1.54, 1.807) is 25.1 Å². The minimum absolute atomic E-state index is 0. The van der Waals surface area contributed by atoms with Crippen LogP contribution >= 0.6 is 0 Å². The van der Waals surface area contributed by atoms with E-state index in [0.717, 1.165) is 0 Å². The summed E-state index contributed by atoms with van der Waals surface area (Å²) >= 11 is 0. The first-order valence-corrected chi connectivity index (χ1v) is 5.02. The van der Waals surface area contributed by atoms with Crippen LogP contribution in [0.3, 0.4) is 0 Å². The molecule has 4 nitrogen and oxygen atoms in total. The van der Waals surface area contributed by atoms with Crippen molar-refractivity contribution in [1.82, 2.24) is 6.15 Å². The van der Waals surface area contributed by atoms with Gasteiger partial charge in [-0.3, -0.25) is 4.18 Å². The molecule has 0 saturated carbocycles. The molecule has 0 amide bonds. The van der Waals surface area contributed by atoms with Crippen molar-refractivity contribution >= 4 is 10.1 Å². The van der Waals surface area contributed by atoms with Crippen molar-refractivity contribution in [3.05, 3.63) is 30.3 Å². The monoisotopic (exact) mass is 204 g/mol. The Morgan fingerprint density at radius 3 is 2.23 bits per heavy atom. The molecule has 0 aliphatic carbocycles. The summed E-state index contributed by atoms with van der Waals surface area (Å²) in [5.74, 6) is 0. The highest BCUT2D eigenvalue weighted by atomic mass is 32.2. The number of hydrogen-bond donors (Lipinski definition) is 1. The molecular weight excluding hydrogens is 190 g/mol. The molecule has 0 heterocycles. The molecule has 74 valence electrons. The Balaban J connectivity index is 0.00000144. The van der Waals surface area contributed by atoms with Gasteiger partial charge in [-0.1, -0.05) is 18.2 Å². The van der Waals surface area contributed by atoms with Crippen LogP contribution in [0.1, 0.15) is 6.92 Å². The molecule has 1 aromatic carbocycles. The Morgan fingerprint density at radius 2 is 1.77 bits per heavy atom. The highest BCUT2D eigenvalue weighted by Crippen LogP contribution is 2.10. The Kier molecular flexibility index (Phi) is 4.61. The van der Waals surface area contributed by atoms with Gasteiger partial charge in [-0.25, -0.2) is 0 Å². The second kappa shape index (κ2) is 4.96. The van der Waals surface area contributed by atoms with E-state index in [1.165, 1.54) is 12.1 Å². The van der Waals surface area contributed by atoms with Crippen LogP contribution in [-0.4, -0.2) is 15.0 Å². The third-order valence-corrected chi connectivity index (χ3v) is 2.70. The zero-order chi connectivity index (χ0) is 9.03. The van der Waals surface area contributed by atoms with E-state index in [0.29, 0.717) is 0 Å². The second-order valence-corrected chi connectivity index (χ2v) is 3.79. The summed E-state index contributed by atoms with van der Waals surface area (Å²) in [5, 5.41) is 0. The van der Waals surface area contributed by atoms with Gasteiger partial charge in [0.1, 0.15) is 0 Å². The quantitative estimate of drug-likeness (QED) is 0.762. The smallest absolute Gasteiger partial charge is 0.296 e. The maximum Gasteiger partial charge on any atom is 0.296 e. The molecule has 5 heteroatoms. The normalized spacial score (nSPS) is 10.5. The summed E-state index contributed by atoms with van der Waals surface area (Å²) in [5.41, 5.74) is 0. The lowest BCUT2D eigenvalue weighted by Crippen LogP contribution is -2.05. The van der Waals surface area contributed by atoms with Crippen LogP contribution in [-0.2, 0) is 14.3 Å². The van der Waals surface area contributed by atoms with Crippen LogP contribution in [0.5, 0.6) is 0 Å². The molecule has 0 aromatic heterocycles. The van der Waals surface area contributed by atoms with Crippen molar-refractivity contribution < 1.29 is 12.6 Å². The fourth-order valence-electron chi connectivity index (χ4n) is 0.810. The predicted molar refractivity (Wildman–Crippen MR) is 51.2 cm³/mol. The van der Waals surface area contributed by atoms with E-state index in [-0.39, 0.29) is 17.7 Å². The molecule has 0 atom stereocenters. The topological polar surface area (TPSA) is 79.9 Å². The van der Waals surface area contributed by atoms with Crippen molar-refractivity contribution in [3.8, 4) is 0 Å². The SMILES string of the molecule is CCOS(=O)(=O)c1ccccc1.[NH4+]. The van der Waals surface area contributed by atoms with E-state index in [1.807, 2.05) is 0 Å². The Morgan fingerprint density at radius 1 is 1.23 bits per heavy atom. The van der Waals surface area contributed by atoms with Crippen molar-refractivity contribution in [2.75, 3.05) is 6.61 Å². The first kappa shape index (κ1) is 12.1. The summed E-state index contributed by atoms with van der Waals surface area (Å²) in [4.78, 5) is 0.201.